The SMILES string of the molecule is CCc1ccc(NC(=O)N(C)CC(C)C(=O)O)cc1CC. The molecule has 0 bridgehead atoms. The fourth-order valence-corrected chi connectivity index (χ4v) is 2.17. The minimum absolute atomic E-state index is 0.175. The van der Waals surface area contributed by atoms with Gasteiger partial charge in [0.1, 0.15) is 0 Å². The van der Waals surface area contributed by atoms with E-state index in [2.05, 4.69) is 19.2 Å². The minimum atomic E-state index is -0.907. The molecule has 0 aliphatic carbocycles. The topological polar surface area (TPSA) is 69.6 Å². The van der Waals surface area contributed by atoms with Crippen LogP contribution in [-0.2, 0) is 17.6 Å². The zero-order valence-corrected chi connectivity index (χ0v) is 13.1. The molecule has 1 unspecified atom stereocenters. The highest BCUT2D eigenvalue weighted by Gasteiger charge is 2.17. The van der Waals surface area contributed by atoms with E-state index in [9.17, 15) is 9.59 Å². The number of nitrogens with zero attached hydrogens (tertiary/aromatic N) is 1. The van der Waals surface area contributed by atoms with Crippen molar-refractivity contribution >= 4 is 17.7 Å². The second-order valence-corrected chi connectivity index (χ2v) is 5.24. The third kappa shape index (κ3) is 4.77. The van der Waals surface area contributed by atoms with Crippen molar-refractivity contribution in [3.05, 3.63) is 29.3 Å². The lowest BCUT2D eigenvalue weighted by atomic mass is 10.0. The van der Waals surface area contributed by atoms with Crippen LogP contribution in [0.3, 0.4) is 0 Å². The molecule has 5 nitrogen and oxygen atoms in total. The molecule has 1 rings (SSSR count). The molecule has 0 aromatic heterocycles. The van der Waals surface area contributed by atoms with Crippen molar-refractivity contribution < 1.29 is 14.7 Å². The molecule has 0 radical (unpaired) electrons. The maximum atomic E-state index is 12.0. The van der Waals surface area contributed by atoms with E-state index in [-0.39, 0.29) is 12.6 Å². The standard InChI is InChI=1S/C16H24N2O3/c1-5-12-7-8-14(9-13(12)6-2)17-16(21)18(4)10-11(3)15(19)20/h7-9,11H,5-6,10H2,1-4H3,(H,17,21)(H,19,20). The molecular formula is C16H24N2O3. The summed E-state index contributed by atoms with van der Waals surface area (Å²) in [7, 11) is 1.59. The summed E-state index contributed by atoms with van der Waals surface area (Å²) in [6.07, 6.45) is 1.88. The number of carboxylic acids is 1. The van der Waals surface area contributed by atoms with Crippen molar-refractivity contribution in [2.75, 3.05) is 18.9 Å². The number of urea groups is 1. The van der Waals surface area contributed by atoms with Crippen LogP contribution in [0.4, 0.5) is 10.5 Å². The number of amides is 2. The molecule has 2 amide bonds. The Morgan fingerprint density at radius 2 is 1.86 bits per heavy atom. The van der Waals surface area contributed by atoms with E-state index < -0.39 is 11.9 Å². The van der Waals surface area contributed by atoms with Crippen molar-refractivity contribution in [3.8, 4) is 0 Å². The largest absolute Gasteiger partial charge is 0.481 e. The van der Waals surface area contributed by atoms with Crippen LogP contribution in [0.2, 0.25) is 0 Å². The number of carboxylic acid groups (broad SMARTS) is 1. The summed E-state index contributed by atoms with van der Waals surface area (Å²) < 4.78 is 0. The molecule has 1 atom stereocenters. The van der Waals surface area contributed by atoms with Crippen LogP contribution in [0.1, 0.15) is 31.9 Å². The van der Waals surface area contributed by atoms with Crippen molar-refractivity contribution in [2.45, 2.75) is 33.6 Å². The average Bonchev–Trinajstić information content (AvgIpc) is 2.46. The summed E-state index contributed by atoms with van der Waals surface area (Å²) in [5, 5.41) is 11.7. The number of aryl methyl sites for hydroxylation is 2. The molecule has 116 valence electrons. The number of carbonyl (C=O) groups is 2. The summed E-state index contributed by atoms with van der Waals surface area (Å²) in [6.45, 7) is 5.95. The van der Waals surface area contributed by atoms with Crippen LogP contribution in [0.15, 0.2) is 18.2 Å². The zero-order chi connectivity index (χ0) is 16.0. The van der Waals surface area contributed by atoms with Gasteiger partial charge < -0.3 is 15.3 Å². The molecule has 0 aliphatic heterocycles. The first-order valence-corrected chi connectivity index (χ1v) is 7.25. The van der Waals surface area contributed by atoms with Gasteiger partial charge in [-0.1, -0.05) is 26.8 Å². The summed E-state index contributed by atoms with van der Waals surface area (Å²) in [5.41, 5.74) is 3.24. The number of aliphatic carboxylic acids is 1. The van der Waals surface area contributed by atoms with E-state index in [0.29, 0.717) is 0 Å². The van der Waals surface area contributed by atoms with Gasteiger partial charge in [0, 0.05) is 19.3 Å². The third-order valence-corrected chi connectivity index (χ3v) is 3.54. The van der Waals surface area contributed by atoms with E-state index in [4.69, 9.17) is 5.11 Å². The van der Waals surface area contributed by atoms with Crippen molar-refractivity contribution in [3.63, 3.8) is 0 Å². The van der Waals surface area contributed by atoms with Gasteiger partial charge in [-0.2, -0.15) is 0 Å². The zero-order valence-electron chi connectivity index (χ0n) is 13.1. The molecule has 1 aromatic carbocycles. The molecule has 21 heavy (non-hydrogen) atoms. The summed E-state index contributed by atoms with van der Waals surface area (Å²) in [5.74, 6) is -1.50. The molecule has 0 spiro atoms. The highest BCUT2D eigenvalue weighted by atomic mass is 16.4. The normalized spacial score (nSPS) is 11.8. The minimum Gasteiger partial charge on any atom is -0.481 e. The van der Waals surface area contributed by atoms with Gasteiger partial charge in [0.2, 0.25) is 0 Å². The van der Waals surface area contributed by atoms with Gasteiger partial charge >= 0.3 is 12.0 Å². The highest BCUT2D eigenvalue weighted by molar-refractivity contribution is 5.89. The summed E-state index contributed by atoms with van der Waals surface area (Å²) in [4.78, 5) is 24.2. The Balaban J connectivity index is 2.72. The fourth-order valence-electron chi connectivity index (χ4n) is 2.17. The Kier molecular flexibility index (Phi) is 6.21. The Labute approximate surface area is 126 Å². The lowest BCUT2D eigenvalue weighted by Gasteiger charge is -2.20. The highest BCUT2D eigenvalue weighted by Crippen LogP contribution is 2.17. The first kappa shape index (κ1) is 17.0. The Morgan fingerprint density at radius 1 is 1.24 bits per heavy atom. The van der Waals surface area contributed by atoms with Gasteiger partial charge in [-0.25, -0.2) is 4.79 Å². The van der Waals surface area contributed by atoms with Gasteiger partial charge in [0.05, 0.1) is 5.92 Å². The van der Waals surface area contributed by atoms with Crippen molar-refractivity contribution in [1.29, 1.82) is 0 Å². The molecule has 5 heteroatoms. The van der Waals surface area contributed by atoms with E-state index in [1.807, 2.05) is 18.2 Å². The van der Waals surface area contributed by atoms with Crippen LogP contribution >= 0.6 is 0 Å². The predicted molar refractivity (Wildman–Crippen MR) is 83.6 cm³/mol. The number of carbonyl (C=O) groups excluding carboxylic acids is 1. The maximum absolute atomic E-state index is 12.0. The van der Waals surface area contributed by atoms with Gasteiger partial charge in [0.25, 0.3) is 0 Å². The van der Waals surface area contributed by atoms with Crippen LogP contribution in [-0.4, -0.2) is 35.6 Å². The van der Waals surface area contributed by atoms with Crippen LogP contribution in [0.25, 0.3) is 0 Å². The molecular weight excluding hydrogens is 268 g/mol. The van der Waals surface area contributed by atoms with E-state index in [1.54, 1.807) is 14.0 Å². The molecule has 1 aromatic rings. The van der Waals surface area contributed by atoms with E-state index in [0.717, 1.165) is 18.5 Å². The van der Waals surface area contributed by atoms with Crippen molar-refractivity contribution in [2.24, 2.45) is 5.92 Å². The van der Waals surface area contributed by atoms with Crippen LogP contribution < -0.4 is 5.32 Å². The van der Waals surface area contributed by atoms with Gasteiger partial charge in [-0.15, -0.1) is 0 Å². The van der Waals surface area contributed by atoms with Gasteiger partial charge in [-0.3, -0.25) is 4.79 Å². The summed E-state index contributed by atoms with van der Waals surface area (Å²) >= 11 is 0. The number of benzene rings is 1. The van der Waals surface area contributed by atoms with Crippen LogP contribution in [0, 0.1) is 5.92 Å². The Bertz CT molecular complexity index is 514. The lowest BCUT2D eigenvalue weighted by molar-refractivity contribution is -0.141. The fraction of sp³-hybridized carbons (Fsp3) is 0.500. The average molecular weight is 292 g/mol. The van der Waals surface area contributed by atoms with E-state index in [1.165, 1.54) is 16.0 Å². The summed E-state index contributed by atoms with van der Waals surface area (Å²) in [6, 6.07) is 5.58. The quantitative estimate of drug-likeness (QED) is 0.846. The van der Waals surface area contributed by atoms with E-state index >= 15 is 0 Å². The number of hydrogen-bond acceptors (Lipinski definition) is 2. The first-order valence-electron chi connectivity index (χ1n) is 7.25. The van der Waals surface area contributed by atoms with Gasteiger partial charge in [0.15, 0.2) is 0 Å². The Hall–Kier alpha value is -2.04. The second-order valence-electron chi connectivity index (χ2n) is 5.24. The van der Waals surface area contributed by atoms with Crippen molar-refractivity contribution in [1.82, 2.24) is 4.90 Å². The predicted octanol–water partition coefficient (Wildman–Crippen LogP) is 3.00. The first-order chi connectivity index (χ1) is 9.88. The van der Waals surface area contributed by atoms with Gasteiger partial charge in [-0.05, 0) is 36.1 Å². The monoisotopic (exact) mass is 292 g/mol. The molecule has 0 fully saturated rings. The molecule has 0 saturated carbocycles. The smallest absolute Gasteiger partial charge is 0.321 e. The maximum Gasteiger partial charge on any atom is 0.321 e. The second kappa shape index (κ2) is 7.67. The Morgan fingerprint density at radius 3 is 2.38 bits per heavy atom. The number of anilines is 1. The van der Waals surface area contributed by atoms with Crippen LogP contribution in [0.5, 0.6) is 0 Å². The molecule has 0 aliphatic rings. The molecule has 2 N–H and O–H groups in total. The molecule has 0 saturated heterocycles. The number of nitrogens with one attached hydrogen (secondary N) is 1. The number of rotatable bonds is 6. The molecule has 0 heterocycles. The number of hydrogen-bond donors (Lipinski definition) is 2. The third-order valence-electron chi connectivity index (χ3n) is 3.54. The lowest BCUT2D eigenvalue weighted by Crippen LogP contribution is -2.36.